The van der Waals surface area contributed by atoms with Gasteiger partial charge in [0.25, 0.3) is 5.91 Å². The van der Waals surface area contributed by atoms with Gasteiger partial charge in [0.2, 0.25) is 12.0 Å². The van der Waals surface area contributed by atoms with Gasteiger partial charge in [-0.05, 0) is 24.3 Å². The van der Waals surface area contributed by atoms with Gasteiger partial charge in [-0.25, -0.2) is 4.79 Å². The molecule has 0 fully saturated rings. The molecule has 0 unspecified atom stereocenters. The summed E-state index contributed by atoms with van der Waals surface area (Å²) in [7, 11) is 3.18. The molecule has 0 aromatic heterocycles. The second kappa shape index (κ2) is 9.15. The summed E-state index contributed by atoms with van der Waals surface area (Å²) in [4.78, 5) is 37.7. The number of amides is 2. The SMILES string of the molecule is CN(C)C(=O)[C@H](OC(=O)c1ccc(NC(=O)CC#N)cc1)c1ccccc1. The van der Waals surface area contributed by atoms with E-state index >= 15 is 0 Å². The van der Waals surface area contributed by atoms with Gasteiger partial charge >= 0.3 is 5.97 Å². The van der Waals surface area contributed by atoms with Crippen molar-refractivity contribution in [3.8, 4) is 6.07 Å². The van der Waals surface area contributed by atoms with Gasteiger partial charge in [0, 0.05) is 25.3 Å². The Morgan fingerprint density at radius 3 is 2.26 bits per heavy atom. The molecule has 0 aliphatic carbocycles. The zero-order valence-corrected chi connectivity index (χ0v) is 15.0. The maximum Gasteiger partial charge on any atom is 0.339 e. The lowest BCUT2D eigenvalue weighted by atomic mass is 10.1. The molecular weight excluding hydrogens is 346 g/mol. The van der Waals surface area contributed by atoms with Gasteiger partial charge in [0.1, 0.15) is 6.42 Å². The monoisotopic (exact) mass is 365 g/mol. The minimum Gasteiger partial charge on any atom is -0.444 e. The van der Waals surface area contributed by atoms with Crippen molar-refractivity contribution in [1.82, 2.24) is 4.90 Å². The number of esters is 1. The van der Waals surface area contributed by atoms with E-state index in [-0.39, 0.29) is 17.9 Å². The minimum atomic E-state index is -1.05. The number of carbonyl (C=O) groups excluding carboxylic acids is 3. The zero-order valence-electron chi connectivity index (χ0n) is 15.0. The highest BCUT2D eigenvalue weighted by molar-refractivity contribution is 5.95. The quantitative estimate of drug-likeness (QED) is 0.793. The summed E-state index contributed by atoms with van der Waals surface area (Å²) < 4.78 is 5.44. The van der Waals surface area contributed by atoms with Gasteiger partial charge in [-0.15, -0.1) is 0 Å². The third-order valence-corrected chi connectivity index (χ3v) is 3.64. The van der Waals surface area contributed by atoms with Crippen LogP contribution in [0.4, 0.5) is 5.69 Å². The normalized spacial score (nSPS) is 11.0. The first-order valence-corrected chi connectivity index (χ1v) is 8.16. The van der Waals surface area contributed by atoms with Crippen LogP contribution in [-0.4, -0.2) is 36.8 Å². The molecule has 7 heteroatoms. The number of nitriles is 1. The molecule has 2 rings (SSSR count). The highest BCUT2D eigenvalue weighted by Gasteiger charge is 2.26. The van der Waals surface area contributed by atoms with Gasteiger partial charge in [-0.2, -0.15) is 5.26 Å². The maximum absolute atomic E-state index is 12.5. The van der Waals surface area contributed by atoms with E-state index in [1.54, 1.807) is 44.4 Å². The molecule has 1 N–H and O–H groups in total. The van der Waals surface area contributed by atoms with Crippen molar-refractivity contribution < 1.29 is 19.1 Å². The van der Waals surface area contributed by atoms with E-state index in [9.17, 15) is 14.4 Å². The van der Waals surface area contributed by atoms with Crippen LogP contribution in [0.15, 0.2) is 54.6 Å². The Kier molecular flexibility index (Phi) is 6.67. The standard InChI is InChI=1S/C20H19N3O4/c1-23(2)19(25)18(14-6-4-3-5-7-14)27-20(26)15-8-10-16(11-9-15)22-17(24)12-13-21/h3-11,18H,12H2,1-2H3,(H,22,24)/t18-/m1/s1. The second-order valence-electron chi connectivity index (χ2n) is 5.89. The number of benzene rings is 2. The molecule has 0 saturated carbocycles. The van der Waals surface area contributed by atoms with E-state index in [2.05, 4.69) is 5.32 Å². The van der Waals surface area contributed by atoms with Crippen LogP contribution in [0.25, 0.3) is 0 Å². The number of rotatable bonds is 6. The highest BCUT2D eigenvalue weighted by atomic mass is 16.5. The molecule has 0 bridgehead atoms. The van der Waals surface area contributed by atoms with Gasteiger partial charge in [0.05, 0.1) is 11.6 Å². The third-order valence-electron chi connectivity index (χ3n) is 3.64. The van der Waals surface area contributed by atoms with E-state index < -0.39 is 18.0 Å². The molecule has 138 valence electrons. The summed E-state index contributed by atoms with van der Waals surface area (Å²) in [5.74, 6) is -1.45. The summed E-state index contributed by atoms with van der Waals surface area (Å²) >= 11 is 0. The number of hydrogen-bond acceptors (Lipinski definition) is 5. The predicted octanol–water partition coefficient (Wildman–Crippen LogP) is 2.53. The first kappa shape index (κ1) is 19.7. The highest BCUT2D eigenvalue weighted by Crippen LogP contribution is 2.22. The van der Waals surface area contributed by atoms with Crippen molar-refractivity contribution in [1.29, 1.82) is 5.26 Å². The lowest BCUT2D eigenvalue weighted by Gasteiger charge is -2.21. The minimum absolute atomic E-state index is 0.237. The van der Waals surface area contributed by atoms with Crippen LogP contribution < -0.4 is 5.32 Å². The van der Waals surface area contributed by atoms with Crippen LogP contribution >= 0.6 is 0 Å². The van der Waals surface area contributed by atoms with Crippen LogP contribution in [0.1, 0.15) is 28.4 Å². The molecule has 0 aliphatic rings. The van der Waals surface area contributed by atoms with Crippen molar-refractivity contribution >= 4 is 23.5 Å². The van der Waals surface area contributed by atoms with Crippen molar-refractivity contribution in [3.05, 3.63) is 65.7 Å². The largest absolute Gasteiger partial charge is 0.444 e. The Balaban J connectivity index is 2.14. The Morgan fingerprint density at radius 2 is 1.70 bits per heavy atom. The maximum atomic E-state index is 12.5. The Morgan fingerprint density at radius 1 is 1.07 bits per heavy atom. The van der Waals surface area contributed by atoms with Crippen LogP contribution in [0, 0.1) is 11.3 Å². The van der Waals surface area contributed by atoms with Gasteiger partial charge in [-0.1, -0.05) is 30.3 Å². The van der Waals surface area contributed by atoms with Crippen molar-refractivity contribution in [2.75, 3.05) is 19.4 Å². The summed E-state index contributed by atoms with van der Waals surface area (Å²) in [6, 6.07) is 16.5. The number of nitrogens with zero attached hydrogens (tertiary/aromatic N) is 2. The lowest BCUT2D eigenvalue weighted by molar-refractivity contribution is -0.138. The molecule has 1 atom stereocenters. The molecule has 7 nitrogen and oxygen atoms in total. The van der Waals surface area contributed by atoms with E-state index in [1.807, 2.05) is 6.07 Å². The molecule has 2 amide bonds. The van der Waals surface area contributed by atoms with E-state index in [0.717, 1.165) is 0 Å². The number of nitrogens with one attached hydrogen (secondary N) is 1. The Labute approximate surface area is 157 Å². The molecule has 0 aliphatic heterocycles. The first-order chi connectivity index (χ1) is 12.9. The third kappa shape index (κ3) is 5.41. The summed E-state index contributed by atoms with van der Waals surface area (Å²) in [5.41, 5.74) is 1.27. The Hall–Kier alpha value is -3.66. The fourth-order valence-electron chi connectivity index (χ4n) is 2.27. The molecule has 0 radical (unpaired) electrons. The van der Waals surface area contributed by atoms with Gasteiger partial charge < -0.3 is 15.0 Å². The number of carbonyl (C=O) groups is 3. The smallest absolute Gasteiger partial charge is 0.339 e. The summed E-state index contributed by atoms with van der Waals surface area (Å²) in [5, 5.41) is 11.0. The molecule has 0 saturated heterocycles. The number of hydrogen-bond donors (Lipinski definition) is 1. The van der Waals surface area contributed by atoms with Crippen LogP contribution in [0.2, 0.25) is 0 Å². The van der Waals surface area contributed by atoms with E-state index in [0.29, 0.717) is 11.3 Å². The average Bonchev–Trinajstić information content (AvgIpc) is 2.66. The van der Waals surface area contributed by atoms with E-state index in [1.165, 1.54) is 29.2 Å². The van der Waals surface area contributed by atoms with Crippen molar-refractivity contribution in [2.24, 2.45) is 0 Å². The number of likely N-dealkylation sites (N-methyl/N-ethyl adjacent to an activating group) is 1. The molecule has 27 heavy (non-hydrogen) atoms. The van der Waals surface area contributed by atoms with Crippen LogP contribution in [0.5, 0.6) is 0 Å². The molecule has 2 aromatic rings. The summed E-state index contributed by atoms with van der Waals surface area (Å²) in [6.45, 7) is 0. The lowest BCUT2D eigenvalue weighted by Crippen LogP contribution is -2.31. The molecule has 0 spiro atoms. The first-order valence-electron chi connectivity index (χ1n) is 8.16. The number of ether oxygens (including phenoxy) is 1. The summed E-state index contributed by atoms with van der Waals surface area (Å²) in [6.07, 6.45) is -1.31. The average molecular weight is 365 g/mol. The topological polar surface area (TPSA) is 99.5 Å². The second-order valence-corrected chi connectivity index (χ2v) is 5.89. The zero-order chi connectivity index (χ0) is 19.8. The van der Waals surface area contributed by atoms with Crippen LogP contribution in [-0.2, 0) is 14.3 Å². The fourth-order valence-corrected chi connectivity index (χ4v) is 2.27. The Bertz CT molecular complexity index is 855. The molecule has 0 heterocycles. The van der Waals surface area contributed by atoms with Gasteiger partial charge in [0.15, 0.2) is 0 Å². The predicted molar refractivity (Wildman–Crippen MR) is 98.6 cm³/mol. The van der Waals surface area contributed by atoms with Gasteiger partial charge in [-0.3, -0.25) is 9.59 Å². The number of anilines is 1. The van der Waals surface area contributed by atoms with E-state index in [4.69, 9.17) is 10.00 Å². The fraction of sp³-hybridized carbons (Fsp3) is 0.200. The molecular formula is C20H19N3O4. The van der Waals surface area contributed by atoms with Crippen LogP contribution in [0.3, 0.4) is 0 Å². The van der Waals surface area contributed by atoms with Crippen molar-refractivity contribution in [2.45, 2.75) is 12.5 Å². The molecule has 2 aromatic carbocycles. The van der Waals surface area contributed by atoms with Crippen molar-refractivity contribution in [3.63, 3.8) is 0 Å².